The van der Waals surface area contributed by atoms with Crippen molar-refractivity contribution in [1.29, 1.82) is 0 Å². The number of thioether (sulfide) groups is 1. The summed E-state index contributed by atoms with van der Waals surface area (Å²) in [6.07, 6.45) is 0.944. The van der Waals surface area contributed by atoms with E-state index in [0.29, 0.717) is 22.1 Å². The van der Waals surface area contributed by atoms with Gasteiger partial charge < -0.3 is 10.7 Å². The lowest BCUT2D eigenvalue weighted by molar-refractivity contribution is 0.718. The van der Waals surface area contributed by atoms with Crippen LogP contribution in [0, 0.1) is 0 Å². The van der Waals surface area contributed by atoms with E-state index in [4.69, 9.17) is 5.73 Å². The van der Waals surface area contributed by atoms with Crippen LogP contribution in [-0.2, 0) is 5.75 Å². The Balaban J connectivity index is 1.86. The van der Waals surface area contributed by atoms with Gasteiger partial charge in [0.05, 0.1) is 11.1 Å². The van der Waals surface area contributed by atoms with E-state index >= 15 is 0 Å². The number of thiophene rings is 1. The van der Waals surface area contributed by atoms with Crippen LogP contribution in [0.2, 0.25) is 0 Å². The summed E-state index contributed by atoms with van der Waals surface area (Å²) in [6, 6.07) is 10.1. The predicted octanol–water partition coefficient (Wildman–Crippen LogP) is 4.00. The van der Waals surface area contributed by atoms with Crippen molar-refractivity contribution in [3.63, 3.8) is 0 Å². The Morgan fingerprint density at radius 2 is 2.16 bits per heavy atom. The monoisotopic (exact) mass is 372 g/mol. The molecular weight excluding hydrogens is 352 g/mol. The summed E-state index contributed by atoms with van der Waals surface area (Å²) in [6.45, 7) is 4.09. The summed E-state index contributed by atoms with van der Waals surface area (Å²) in [7, 11) is 0. The van der Waals surface area contributed by atoms with Crippen molar-refractivity contribution in [1.82, 2.24) is 9.97 Å². The smallest absolute Gasteiger partial charge is 0.260 e. The fourth-order valence-electron chi connectivity index (χ4n) is 2.38. The van der Waals surface area contributed by atoms with Gasteiger partial charge in [0.1, 0.15) is 10.7 Å². The van der Waals surface area contributed by atoms with Crippen LogP contribution in [0.1, 0.15) is 26.1 Å². The van der Waals surface area contributed by atoms with Gasteiger partial charge in [0.25, 0.3) is 5.56 Å². The van der Waals surface area contributed by atoms with Gasteiger partial charge in [0.2, 0.25) is 0 Å². The molecule has 0 saturated carbocycles. The van der Waals surface area contributed by atoms with Crippen LogP contribution >= 0.6 is 23.1 Å². The van der Waals surface area contributed by atoms with Crippen molar-refractivity contribution in [2.45, 2.75) is 32.1 Å². The van der Waals surface area contributed by atoms with E-state index in [1.165, 1.54) is 23.1 Å². The van der Waals surface area contributed by atoms with E-state index in [1.54, 1.807) is 0 Å². The summed E-state index contributed by atoms with van der Waals surface area (Å²) in [5.74, 6) is 1.11. The molecule has 0 unspecified atom stereocenters. The number of H-pyrrole nitrogens is 1. The standard InChI is InChI=1S/C18H20N4OS2/c1-3-11(2)20-18(19)25-10-14-21-16(23)15-13(9-24-17(15)22-14)12-7-5-4-6-8-12/h4-9,11H,3,10H2,1-2H3,(H2,19,20)(H,21,22,23)/t11-/m0/s1. The maximum atomic E-state index is 12.6. The second-order valence-electron chi connectivity index (χ2n) is 5.72. The van der Waals surface area contributed by atoms with Crippen molar-refractivity contribution in [2.24, 2.45) is 10.7 Å². The Labute approximate surface area is 154 Å². The number of fused-ring (bicyclic) bond motifs is 1. The molecule has 130 valence electrons. The Morgan fingerprint density at radius 3 is 2.88 bits per heavy atom. The van der Waals surface area contributed by atoms with Crippen LogP contribution in [-0.4, -0.2) is 21.2 Å². The summed E-state index contributed by atoms with van der Waals surface area (Å²) in [5.41, 5.74) is 7.76. The van der Waals surface area contributed by atoms with Gasteiger partial charge in [-0.25, -0.2) is 4.98 Å². The van der Waals surface area contributed by atoms with Gasteiger partial charge >= 0.3 is 0 Å². The normalized spacial score (nSPS) is 13.3. The molecule has 0 fully saturated rings. The quantitative estimate of drug-likeness (QED) is 0.524. The maximum absolute atomic E-state index is 12.6. The molecule has 25 heavy (non-hydrogen) atoms. The number of aromatic amines is 1. The zero-order valence-corrected chi connectivity index (χ0v) is 15.8. The van der Waals surface area contributed by atoms with Crippen LogP contribution in [0.4, 0.5) is 0 Å². The molecule has 2 aromatic heterocycles. The van der Waals surface area contributed by atoms with E-state index in [1.807, 2.05) is 42.6 Å². The number of aliphatic imine (C=N–C) groups is 1. The first-order chi connectivity index (χ1) is 12.1. The molecule has 0 amide bonds. The molecule has 0 bridgehead atoms. The number of hydrogen-bond acceptors (Lipinski definition) is 5. The number of nitrogens with two attached hydrogens (primary N) is 1. The molecule has 1 atom stereocenters. The molecule has 0 spiro atoms. The van der Waals surface area contributed by atoms with E-state index in [0.717, 1.165) is 22.4 Å². The minimum Gasteiger partial charge on any atom is -0.379 e. The van der Waals surface area contributed by atoms with Gasteiger partial charge in [-0.2, -0.15) is 0 Å². The molecule has 0 radical (unpaired) electrons. The molecule has 7 heteroatoms. The average Bonchev–Trinajstić information content (AvgIpc) is 3.05. The molecule has 0 aliphatic rings. The third kappa shape index (κ3) is 4.11. The molecule has 0 aliphatic heterocycles. The van der Waals surface area contributed by atoms with Crippen molar-refractivity contribution < 1.29 is 0 Å². The van der Waals surface area contributed by atoms with Crippen molar-refractivity contribution in [3.05, 3.63) is 51.9 Å². The van der Waals surface area contributed by atoms with Crippen LogP contribution in [0.5, 0.6) is 0 Å². The minimum atomic E-state index is -0.113. The lowest BCUT2D eigenvalue weighted by Gasteiger charge is -2.05. The van der Waals surface area contributed by atoms with Gasteiger partial charge in [-0.15, -0.1) is 11.3 Å². The average molecular weight is 373 g/mol. The summed E-state index contributed by atoms with van der Waals surface area (Å²) < 4.78 is 0. The highest BCUT2D eigenvalue weighted by atomic mass is 32.2. The molecule has 3 aromatic rings. The topological polar surface area (TPSA) is 84.1 Å². The second-order valence-corrected chi connectivity index (χ2v) is 7.58. The van der Waals surface area contributed by atoms with Crippen LogP contribution in [0.15, 0.2) is 45.5 Å². The molecule has 5 nitrogen and oxygen atoms in total. The Morgan fingerprint density at radius 1 is 1.40 bits per heavy atom. The van der Waals surface area contributed by atoms with E-state index in [-0.39, 0.29) is 11.6 Å². The molecule has 3 N–H and O–H groups in total. The number of benzene rings is 1. The molecular formula is C18H20N4OS2. The van der Waals surface area contributed by atoms with Crippen molar-refractivity contribution in [3.8, 4) is 11.1 Å². The first-order valence-corrected chi connectivity index (χ1v) is 9.97. The molecule has 0 aliphatic carbocycles. The fourth-order valence-corrected chi connectivity index (χ4v) is 4.02. The van der Waals surface area contributed by atoms with Gasteiger partial charge in [-0.05, 0) is 18.9 Å². The number of nitrogens with zero attached hydrogens (tertiary/aromatic N) is 2. The van der Waals surface area contributed by atoms with Gasteiger partial charge in [-0.1, -0.05) is 49.0 Å². The number of nitrogens with one attached hydrogen (secondary N) is 1. The zero-order valence-electron chi connectivity index (χ0n) is 14.2. The third-order valence-corrected chi connectivity index (χ3v) is 5.56. The second kappa shape index (κ2) is 7.84. The first kappa shape index (κ1) is 17.7. The zero-order chi connectivity index (χ0) is 17.8. The summed E-state index contributed by atoms with van der Waals surface area (Å²) >= 11 is 2.88. The first-order valence-electron chi connectivity index (χ1n) is 8.10. The van der Waals surface area contributed by atoms with E-state index in [9.17, 15) is 4.79 Å². The van der Waals surface area contributed by atoms with Crippen molar-refractivity contribution in [2.75, 3.05) is 0 Å². The largest absolute Gasteiger partial charge is 0.379 e. The number of amidine groups is 1. The maximum Gasteiger partial charge on any atom is 0.260 e. The molecule has 3 rings (SSSR count). The van der Waals surface area contributed by atoms with Gasteiger partial charge in [-0.3, -0.25) is 9.79 Å². The number of rotatable bonds is 5. The fraction of sp³-hybridized carbons (Fsp3) is 0.278. The summed E-state index contributed by atoms with van der Waals surface area (Å²) in [4.78, 5) is 25.2. The van der Waals surface area contributed by atoms with Crippen molar-refractivity contribution >= 4 is 38.5 Å². The highest BCUT2D eigenvalue weighted by Gasteiger charge is 2.13. The Bertz CT molecular complexity index is 947. The molecule has 1 aromatic carbocycles. The number of hydrogen-bond donors (Lipinski definition) is 2. The highest BCUT2D eigenvalue weighted by Crippen LogP contribution is 2.30. The SMILES string of the molecule is CC[C@H](C)N=C(N)SCc1nc2scc(-c3ccccc3)c2c(=O)[nH]1. The molecule has 2 heterocycles. The Hall–Kier alpha value is -2.12. The van der Waals surface area contributed by atoms with Gasteiger partial charge in [0, 0.05) is 17.0 Å². The lowest BCUT2D eigenvalue weighted by atomic mass is 10.1. The van der Waals surface area contributed by atoms with Crippen LogP contribution in [0.3, 0.4) is 0 Å². The summed E-state index contributed by atoms with van der Waals surface area (Å²) in [5, 5.41) is 3.15. The van der Waals surface area contributed by atoms with E-state index < -0.39 is 0 Å². The highest BCUT2D eigenvalue weighted by molar-refractivity contribution is 8.13. The molecule has 0 saturated heterocycles. The minimum absolute atomic E-state index is 0.113. The Kier molecular flexibility index (Phi) is 5.55. The predicted molar refractivity (Wildman–Crippen MR) is 108 cm³/mol. The van der Waals surface area contributed by atoms with Crippen LogP contribution < -0.4 is 11.3 Å². The third-order valence-electron chi connectivity index (χ3n) is 3.87. The van der Waals surface area contributed by atoms with E-state index in [2.05, 4.69) is 21.9 Å². The van der Waals surface area contributed by atoms with Gasteiger partial charge in [0.15, 0.2) is 5.17 Å². The number of aromatic nitrogens is 2. The lowest BCUT2D eigenvalue weighted by Crippen LogP contribution is -2.14. The van der Waals surface area contributed by atoms with Crippen LogP contribution in [0.25, 0.3) is 21.3 Å².